The van der Waals surface area contributed by atoms with Crippen molar-refractivity contribution >= 4 is 11.7 Å². The summed E-state index contributed by atoms with van der Waals surface area (Å²) in [6.07, 6.45) is 1.64. The molecule has 0 radical (unpaired) electrons. The van der Waals surface area contributed by atoms with Crippen LogP contribution in [0.3, 0.4) is 0 Å². The first-order chi connectivity index (χ1) is 11.5. The Bertz CT molecular complexity index is 738. The van der Waals surface area contributed by atoms with Crippen LogP contribution in [0, 0.1) is 19.8 Å². The monoisotopic (exact) mass is 329 g/mol. The number of hydrogen-bond acceptors (Lipinski definition) is 4. The van der Waals surface area contributed by atoms with Crippen LogP contribution in [0.4, 0.5) is 10.5 Å². The van der Waals surface area contributed by atoms with Gasteiger partial charge in [0, 0.05) is 13.6 Å². The Balaban J connectivity index is 1.75. The van der Waals surface area contributed by atoms with Crippen molar-refractivity contribution in [2.24, 2.45) is 5.92 Å². The van der Waals surface area contributed by atoms with Crippen LogP contribution in [0.15, 0.2) is 24.3 Å². The Labute approximate surface area is 141 Å². The van der Waals surface area contributed by atoms with Gasteiger partial charge in [-0.25, -0.2) is 14.5 Å². The number of urea groups is 1. The van der Waals surface area contributed by atoms with Crippen molar-refractivity contribution in [1.82, 2.24) is 19.7 Å². The third-order valence-corrected chi connectivity index (χ3v) is 4.22. The summed E-state index contributed by atoms with van der Waals surface area (Å²) in [5.74, 6) is 1.78. The van der Waals surface area contributed by atoms with Crippen LogP contribution < -0.4 is 5.32 Å². The van der Waals surface area contributed by atoms with E-state index >= 15 is 0 Å². The lowest BCUT2D eigenvalue weighted by molar-refractivity contribution is 0.117. The quantitative estimate of drug-likeness (QED) is 0.880. The molecule has 1 atom stereocenters. The van der Waals surface area contributed by atoms with Gasteiger partial charge in [0.05, 0.1) is 17.5 Å². The summed E-state index contributed by atoms with van der Waals surface area (Å²) in [6.45, 7) is 4.04. The van der Waals surface area contributed by atoms with Gasteiger partial charge in [-0.1, -0.05) is 12.1 Å². The van der Waals surface area contributed by atoms with Crippen molar-refractivity contribution in [1.29, 1.82) is 0 Å². The Morgan fingerprint density at radius 2 is 2.12 bits per heavy atom. The predicted octanol–water partition coefficient (Wildman–Crippen LogP) is 2.12. The lowest BCUT2D eigenvalue weighted by Crippen LogP contribution is -2.38. The van der Waals surface area contributed by atoms with Crippen molar-refractivity contribution in [3.05, 3.63) is 35.9 Å². The van der Waals surface area contributed by atoms with E-state index in [1.165, 1.54) is 4.90 Å². The molecule has 1 aliphatic rings. The van der Waals surface area contributed by atoms with E-state index in [1.807, 2.05) is 38.1 Å². The average Bonchev–Trinajstić information content (AvgIpc) is 3.33. The molecule has 7 heteroatoms. The number of anilines is 1. The number of nitrogens with one attached hydrogen (secondary N) is 1. The maximum absolute atomic E-state index is 12.4. The van der Waals surface area contributed by atoms with E-state index in [0.717, 1.165) is 24.4 Å². The minimum Gasteiger partial charge on any atom is -0.391 e. The zero-order valence-corrected chi connectivity index (χ0v) is 14.2. The molecule has 0 aliphatic heterocycles. The standard InChI is InChI=1S/C17H23N5O2/c1-11-18-12(2)22(20-11)15-7-5-4-6-14(15)19-17(24)21(3)10-16(23)13-8-9-13/h4-7,13,16,23H,8-10H2,1-3H3,(H,19,24). The third-order valence-electron chi connectivity index (χ3n) is 4.22. The Hall–Kier alpha value is -2.41. The first kappa shape index (κ1) is 16.4. The van der Waals surface area contributed by atoms with Gasteiger partial charge >= 0.3 is 6.03 Å². The van der Waals surface area contributed by atoms with Crippen LogP contribution >= 0.6 is 0 Å². The molecule has 1 aromatic carbocycles. The van der Waals surface area contributed by atoms with E-state index in [0.29, 0.717) is 24.0 Å². The maximum Gasteiger partial charge on any atom is 0.321 e. The van der Waals surface area contributed by atoms with Gasteiger partial charge in [0.15, 0.2) is 0 Å². The van der Waals surface area contributed by atoms with Gasteiger partial charge in [-0.2, -0.15) is 5.10 Å². The second-order valence-electron chi connectivity index (χ2n) is 6.35. The van der Waals surface area contributed by atoms with Crippen LogP contribution in [0.1, 0.15) is 24.5 Å². The number of likely N-dealkylation sites (N-methyl/N-ethyl adjacent to an activating group) is 1. The molecule has 128 valence electrons. The van der Waals surface area contributed by atoms with Crippen molar-refractivity contribution in [2.75, 3.05) is 18.9 Å². The molecular formula is C17H23N5O2. The fourth-order valence-corrected chi connectivity index (χ4v) is 2.72. The zero-order chi connectivity index (χ0) is 17.3. The van der Waals surface area contributed by atoms with Crippen molar-refractivity contribution in [3.63, 3.8) is 0 Å². The minimum atomic E-state index is -0.448. The normalized spacial score (nSPS) is 15.2. The molecule has 1 unspecified atom stereocenters. The molecule has 1 saturated carbocycles. The first-order valence-electron chi connectivity index (χ1n) is 8.15. The molecule has 3 rings (SSSR count). The zero-order valence-electron chi connectivity index (χ0n) is 14.2. The van der Waals surface area contributed by atoms with Crippen LogP contribution in [-0.2, 0) is 0 Å². The topological polar surface area (TPSA) is 83.3 Å². The van der Waals surface area contributed by atoms with E-state index in [9.17, 15) is 9.90 Å². The Morgan fingerprint density at radius 3 is 2.75 bits per heavy atom. The van der Waals surface area contributed by atoms with Crippen molar-refractivity contribution in [3.8, 4) is 5.69 Å². The van der Waals surface area contributed by atoms with Crippen molar-refractivity contribution in [2.45, 2.75) is 32.8 Å². The number of aryl methyl sites for hydroxylation is 2. The maximum atomic E-state index is 12.4. The Morgan fingerprint density at radius 1 is 1.42 bits per heavy atom. The molecular weight excluding hydrogens is 306 g/mol. The van der Waals surface area contributed by atoms with Crippen LogP contribution in [0.2, 0.25) is 0 Å². The average molecular weight is 329 g/mol. The fourth-order valence-electron chi connectivity index (χ4n) is 2.72. The van der Waals surface area contributed by atoms with E-state index in [-0.39, 0.29) is 6.03 Å². The van der Waals surface area contributed by atoms with Gasteiger partial charge in [-0.3, -0.25) is 0 Å². The highest BCUT2D eigenvalue weighted by atomic mass is 16.3. The van der Waals surface area contributed by atoms with Crippen LogP contribution in [0.5, 0.6) is 0 Å². The smallest absolute Gasteiger partial charge is 0.321 e. The van der Waals surface area contributed by atoms with E-state index in [2.05, 4.69) is 15.4 Å². The lowest BCUT2D eigenvalue weighted by Gasteiger charge is -2.22. The van der Waals surface area contributed by atoms with Crippen LogP contribution in [0.25, 0.3) is 5.69 Å². The van der Waals surface area contributed by atoms with Gasteiger partial charge in [0.25, 0.3) is 0 Å². The summed E-state index contributed by atoms with van der Waals surface area (Å²) in [4.78, 5) is 18.2. The highest BCUT2D eigenvalue weighted by Crippen LogP contribution is 2.32. The van der Waals surface area contributed by atoms with Gasteiger partial charge in [-0.15, -0.1) is 0 Å². The summed E-state index contributed by atoms with van der Waals surface area (Å²) in [5.41, 5.74) is 1.42. The van der Waals surface area contributed by atoms with Gasteiger partial charge in [-0.05, 0) is 44.7 Å². The molecule has 2 aromatic rings. The van der Waals surface area contributed by atoms with Gasteiger partial charge < -0.3 is 15.3 Å². The van der Waals surface area contributed by atoms with Gasteiger partial charge in [0.1, 0.15) is 11.6 Å². The number of carbonyl (C=O) groups is 1. The second-order valence-corrected chi connectivity index (χ2v) is 6.35. The first-order valence-corrected chi connectivity index (χ1v) is 8.15. The number of carbonyl (C=O) groups excluding carboxylic acids is 1. The van der Waals surface area contributed by atoms with Gasteiger partial charge in [0.2, 0.25) is 0 Å². The molecule has 1 aliphatic carbocycles. The minimum absolute atomic E-state index is 0.253. The molecule has 0 bridgehead atoms. The molecule has 0 saturated heterocycles. The number of nitrogens with zero attached hydrogens (tertiary/aromatic N) is 4. The highest BCUT2D eigenvalue weighted by molar-refractivity contribution is 5.91. The number of aromatic nitrogens is 3. The Kier molecular flexibility index (Phi) is 4.53. The lowest BCUT2D eigenvalue weighted by atomic mass is 10.2. The summed E-state index contributed by atoms with van der Waals surface area (Å²) in [5, 5.41) is 17.3. The fraction of sp³-hybridized carbons (Fsp3) is 0.471. The number of rotatable bonds is 5. The van der Waals surface area contributed by atoms with E-state index < -0.39 is 6.10 Å². The second kappa shape index (κ2) is 6.60. The number of amides is 2. The molecule has 1 heterocycles. The number of aliphatic hydroxyl groups is 1. The summed E-state index contributed by atoms with van der Waals surface area (Å²) in [6, 6.07) is 7.21. The molecule has 0 spiro atoms. The number of aliphatic hydroxyl groups excluding tert-OH is 1. The summed E-state index contributed by atoms with van der Waals surface area (Å²) in [7, 11) is 1.69. The largest absolute Gasteiger partial charge is 0.391 e. The summed E-state index contributed by atoms with van der Waals surface area (Å²) < 4.78 is 1.71. The number of para-hydroxylation sites is 2. The van der Waals surface area contributed by atoms with E-state index in [1.54, 1.807) is 11.7 Å². The highest BCUT2D eigenvalue weighted by Gasteiger charge is 2.31. The molecule has 2 amide bonds. The molecule has 1 aromatic heterocycles. The SMILES string of the molecule is Cc1nc(C)n(-c2ccccc2NC(=O)N(C)CC(O)C2CC2)n1. The molecule has 1 fully saturated rings. The molecule has 2 N–H and O–H groups in total. The van der Waals surface area contributed by atoms with Crippen molar-refractivity contribution < 1.29 is 9.90 Å². The molecule has 24 heavy (non-hydrogen) atoms. The molecule has 7 nitrogen and oxygen atoms in total. The number of benzene rings is 1. The third kappa shape index (κ3) is 3.56. The van der Waals surface area contributed by atoms with Crippen LogP contribution in [-0.4, -0.2) is 50.5 Å². The summed E-state index contributed by atoms with van der Waals surface area (Å²) >= 11 is 0. The number of hydrogen-bond donors (Lipinski definition) is 2. The predicted molar refractivity (Wildman–Crippen MR) is 91.2 cm³/mol. The van der Waals surface area contributed by atoms with E-state index in [4.69, 9.17) is 0 Å².